The van der Waals surface area contributed by atoms with Crippen molar-refractivity contribution in [3.05, 3.63) is 33.9 Å². The number of nitro benzene ring substituents is 1. The van der Waals surface area contributed by atoms with E-state index in [4.69, 9.17) is 5.14 Å². The minimum atomic E-state index is -3.94. The highest BCUT2D eigenvalue weighted by Crippen LogP contribution is 2.21. The predicted molar refractivity (Wildman–Crippen MR) is 75.6 cm³/mol. The lowest BCUT2D eigenvalue weighted by Gasteiger charge is -2.07. The molecule has 0 heterocycles. The summed E-state index contributed by atoms with van der Waals surface area (Å²) in [6, 6.07) is 3.53. The topological polar surface area (TPSA) is 149 Å². The van der Waals surface area contributed by atoms with E-state index in [1.807, 2.05) is 0 Å². The van der Waals surface area contributed by atoms with E-state index in [1.54, 1.807) is 0 Å². The van der Waals surface area contributed by atoms with E-state index in [0.29, 0.717) is 5.56 Å². The van der Waals surface area contributed by atoms with Crippen molar-refractivity contribution in [1.29, 1.82) is 0 Å². The number of nitrogens with one attached hydrogen (secondary N) is 1. The van der Waals surface area contributed by atoms with Crippen LogP contribution in [0.15, 0.2) is 23.1 Å². The molecule has 1 aromatic rings. The molecule has 0 unspecified atom stereocenters. The van der Waals surface area contributed by atoms with Gasteiger partial charge in [-0.3, -0.25) is 10.1 Å². The third-order valence-electron chi connectivity index (χ3n) is 2.59. The fourth-order valence-electron chi connectivity index (χ4n) is 1.52. The van der Waals surface area contributed by atoms with Gasteiger partial charge in [0, 0.05) is 18.2 Å². The van der Waals surface area contributed by atoms with Gasteiger partial charge in [0.05, 0.1) is 15.6 Å². The Kier molecular flexibility index (Phi) is 5.39. The lowest BCUT2D eigenvalue weighted by molar-refractivity contribution is -0.385. The van der Waals surface area contributed by atoms with E-state index in [9.17, 15) is 26.9 Å². The van der Waals surface area contributed by atoms with Crippen molar-refractivity contribution in [2.24, 2.45) is 5.14 Å². The number of nitrogens with zero attached hydrogens (tertiary/aromatic N) is 1. The van der Waals surface area contributed by atoms with Gasteiger partial charge in [0.15, 0.2) is 0 Å². The molecule has 9 nitrogen and oxygen atoms in total. The Morgan fingerprint density at radius 3 is 2.43 bits per heavy atom. The molecule has 21 heavy (non-hydrogen) atoms. The SMILES string of the molecule is Cc1ccc(S(=O)(=O)NCCCS(N)(=O)=O)cc1[N+](=O)[O-]. The first-order valence-electron chi connectivity index (χ1n) is 5.78. The van der Waals surface area contributed by atoms with Gasteiger partial charge in [-0.1, -0.05) is 6.07 Å². The number of primary sulfonamides is 1. The van der Waals surface area contributed by atoms with E-state index in [1.165, 1.54) is 19.1 Å². The number of benzene rings is 1. The Bertz CT molecular complexity index is 742. The molecule has 3 N–H and O–H groups in total. The highest BCUT2D eigenvalue weighted by Gasteiger charge is 2.19. The van der Waals surface area contributed by atoms with Crippen LogP contribution in [0, 0.1) is 17.0 Å². The molecule has 0 spiro atoms. The van der Waals surface area contributed by atoms with Gasteiger partial charge in [0.25, 0.3) is 5.69 Å². The number of aryl methyl sites for hydroxylation is 1. The van der Waals surface area contributed by atoms with Gasteiger partial charge >= 0.3 is 0 Å². The molecule has 0 aliphatic carbocycles. The maximum Gasteiger partial charge on any atom is 0.273 e. The van der Waals surface area contributed by atoms with Crippen molar-refractivity contribution in [3.63, 3.8) is 0 Å². The normalized spacial score (nSPS) is 12.3. The number of sulfonamides is 2. The molecule has 118 valence electrons. The molecule has 0 saturated carbocycles. The molecule has 1 rings (SSSR count). The first kappa shape index (κ1) is 17.5. The van der Waals surface area contributed by atoms with Crippen LogP contribution >= 0.6 is 0 Å². The van der Waals surface area contributed by atoms with Crippen molar-refractivity contribution in [3.8, 4) is 0 Å². The molecule has 0 aromatic heterocycles. The molecule has 0 amide bonds. The lowest BCUT2D eigenvalue weighted by Crippen LogP contribution is -2.27. The summed E-state index contributed by atoms with van der Waals surface area (Å²) in [5.74, 6) is -0.358. The minimum Gasteiger partial charge on any atom is -0.258 e. The molecule has 0 bridgehead atoms. The van der Waals surface area contributed by atoms with E-state index in [2.05, 4.69) is 4.72 Å². The van der Waals surface area contributed by atoms with Gasteiger partial charge in [0.2, 0.25) is 20.0 Å². The van der Waals surface area contributed by atoms with Crippen LogP contribution < -0.4 is 9.86 Å². The first-order valence-corrected chi connectivity index (χ1v) is 8.98. The molecule has 0 atom stereocenters. The zero-order valence-corrected chi connectivity index (χ0v) is 12.8. The summed E-state index contributed by atoms with van der Waals surface area (Å²) in [7, 11) is -7.60. The molecule has 11 heteroatoms. The number of nitrogens with two attached hydrogens (primary N) is 1. The molecule has 0 aliphatic heterocycles. The molecule has 1 aromatic carbocycles. The van der Waals surface area contributed by atoms with Crippen molar-refractivity contribution < 1.29 is 21.8 Å². The van der Waals surface area contributed by atoms with Crippen molar-refractivity contribution in [2.45, 2.75) is 18.2 Å². The van der Waals surface area contributed by atoms with E-state index < -0.39 is 25.0 Å². The summed E-state index contributed by atoms with van der Waals surface area (Å²) in [5, 5.41) is 15.6. The van der Waals surface area contributed by atoms with Gasteiger partial charge in [0.1, 0.15) is 0 Å². The molecule has 0 fully saturated rings. The fourth-order valence-corrected chi connectivity index (χ4v) is 3.16. The third-order valence-corrected chi connectivity index (χ3v) is 4.90. The summed E-state index contributed by atoms with van der Waals surface area (Å²) in [4.78, 5) is 9.86. The monoisotopic (exact) mass is 337 g/mol. The van der Waals surface area contributed by atoms with Crippen LogP contribution in [0.3, 0.4) is 0 Å². The lowest BCUT2D eigenvalue weighted by atomic mass is 10.2. The highest BCUT2D eigenvalue weighted by atomic mass is 32.2. The Hall–Kier alpha value is -1.56. The van der Waals surface area contributed by atoms with Crippen LogP contribution in [0.1, 0.15) is 12.0 Å². The third kappa shape index (κ3) is 5.38. The summed E-state index contributed by atoms with van der Waals surface area (Å²) >= 11 is 0. The zero-order valence-electron chi connectivity index (χ0n) is 11.1. The quantitative estimate of drug-likeness (QED) is 0.401. The van der Waals surface area contributed by atoms with Crippen molar-refractivity contribution >= 4 is 25.7 Å². The second kappa shape index (κ2) is 6.47. The summed E-state index contributed by atoms with van der Waals surface area (Å²) in [5.41, 5.74) is 0.0376. The number of hydrogen-bond acceptors (Lipinski definition) is 6. The number of nitro groups is 1. The molecular weight excluding hydrogens is 322 g/mol. The van der Waals surface area contributed by atoms with Gasteiger partial charge in [-0.05, 0) is 19.4 Å². The van der Waals surface area contributed by atoms with E-state index in [-0.39, 0.29) is 29.3 Å². The van der Waals surface area contributed by atoms with Crippen LogP contribution in [-0.4, -0.2) is 34.1 Å². The summed E-state index contributed by atoms with van der Waals surface area (Å²) in [6.07, 6.45) is 0.00597. The summed E-state index contributed by atoms with van der Waals surface area (Å²) < 4.78 is 47.4. The van der Waals surface area contributed by atoms with Crippen LogP contribution in [0.4, 0.5) is 5.69 Å². The molecule has 0 radical (unpaired) electrons. The average molecular weight is 337 g/mol. The van der Waals surface area contributed by atoms with Crippen LogP contribution in [0.5, 0.6) is 0 Å². The van der Waals surface area contributed by atoms with E-state index in [0.717, 1.165) is 6.07 Å². The maximum absolute atomic E-state index is 11.9. The van der Waals surface area contributed by atoms with Crippen molar-refractivity contribution in [1.82, 2.24) is 4.72 Å². The second-order valence-corrected chi connectivity index (χ2v) is 7.82. The Balaban J connectivity index is 2.84. The largest absolute Gasteiger partial charge is 0.273 e. The van der Waals surface area contributed by atoms with E-state index >= 15 is 0 Å². The van der Waals surface area contributed by atoms with Crippen LogP contribution in [0.25, 0.3) is 0 Å². The average Bonchev–Trinajstić information content (AvgIpc) is 2.33. The maximum atomic E-state index is 11.9. The van der Waals surface area contributed by atoms with Crippen LogP contribution in [0.2, 0.25) is 0 Å². The van der Waals surface area contributed by atoms with Gasteiger partial charge in [-0.2, -0.15) is 0 Å². The van der Waals surface area contributed by atoms with Gasteiger partial charge in [-0.15, -0.1) is 0 Å². The minimum absolute atomic E-state index is 0.00597. The van der Waals surface area contributed by atoms with Gasteiger partial charge in [-0.25, -0.2) is 26.7 Å². The number of hydrogen-bond donors (Lipinski definition) is 2. The summed E-state index contributed by atoms with van der Waals surface area (Å²) in [6.45, 7) is 1.36. The first-order chi connectivity index (χ1) is 9.53. The molecule has 0 saturated heterocycles. The standard InChI is InChI=1S/C10H15N3O6S2/c1-8-3-4-9(7-10(8)13(14)15)21(18,19)12-5-2-6-20(11,16)17/h3-4,7,12H,2,5-6H2,1H3,(H2,11,16,17). The van der Waals surface area contributed by atoms with Crippen molar-refractivity contribution in [2.75, 3.05) is 12.3 Å². The highest BCUT2D eigenvalue weighted by molar-refractivity contribution is 7.89. The Labute approximate surface area is 122 Å². The van der Waals surface area contributed by atoms with Crippen LogP contribution in [-0.2, 0) is 20.0 Å². The molecule has 0 aliphatic rings. The second-order valence-electron chi connectivity index (χ2n) is 4.32. The fraction of sp³-hybridized carbons (Fsp3) is 0.400. The number of rotatable bonds is 7. The Morgan fingerprint density at radius 2 is 1.90 bits per heavy atom. The zero-order chi connectivity index (χ0) is 16.3. The predicted octanol–water partition coefficient (Wildman–Crippen LogP) is -0.140. The molecular formula is C10H15N3O6S2. The smallest absolute Gasteiger partial charge is 0.258 e. The van der Waals surface area contributed by atoms with Gasteiger partial charge < -0.3 is 0 Å². The Morgan fingerprint density at radius 1 is 1.29 bits per heavy atom.